The van der Waals surface area contributed by atoms with Gasteiger partial charge in [-0.25, -0.2) is 13.2 Å². The molecule has 0 bridgehead atoms. The van der Waals surface area contributed by atoms with Crippen LogP contribution >= 0.6 is 0 Å². The van der Waals surface area contributed by atoms with E-state index in [0.717, 1.165) is 13.0 Å². The molecular formula is C19H26N2O5S. The molecule has 1 aliphatic heterocycles. The van der Waals surface area contributed by atoms with Gasteiger partial charge in [-0.15, -0.1) is 0 Å². The van der Waals surface area contributed by atoms with Gasteiger partial charge >= 0.3 is 5.97 Å². The third-order valence-electron chi connectivity index (χ3n) is 5.91. The molecule has 2 aliphatic rings. The van der Waals surface area contributed by atoms with Crippen molar-refractivity contribution in [2.45, 2.75) is 43.9 Å². The third-order valence-corrected chi connectivity index (χ3v) is 7.82. The highest BCUT2D eigenvalue weighted by molar-refractivity contribution is 7.89. The lowest BCUT2D eigenvalue weighted by molar-refractivity contribution is -0.126. The predicted octanol–water partition coefficient (Wildman–Crippen LogP) is 2.09. The minimum absolute atomic E-state index is 0.0255. The molecular weight excluding hydrogens is 368 g/mol. The fourth-order valence-electron chi connectivity index (χ4n) is 3.53. The zero-order valence-electron chi connectivity index (χ0n) is 15.5. The second-order valence-electron chi connectivity index (χ2n) is 7.58. The summed E-state index contributed by atoms with van der Waals surface area (Å²) in [5.74, 6) is -1.22. The van der Waals surface area contributed by atoms with E-state index in [2.05, 4.69) is 12.2 Å². The van der Waals surface area contributed by atoms with E-state index in [0.29, 0.717) is 31.3 Å². The number of carboxylic acids is 1. The molecule has 1 heterocycles. The lowest BCUT2D eigenvalue weighted by atomic mass is 9.96. The van der Waals surface area contributed by atoms with Gasteiger partial charge in [0.15, 0.2) is 0 Å². The molecule has 7 nitrogen and oxygen atoms in total. The van der Waals surface area contributed by atoms with Crippen LogP contribution in [-0.4, -0.2) is 49.3 Å². The third kappa shape index (κ3) is 4.32. The predicted molar refractivity (Wildman–Crippen MR) is 99.9 cm³/mol. The van der Waals surface area contributed by atoms with Gasteiger partial charge in [-0.3, -0.25) is 4.79 Å². The summed E-state index contributed by atoms with van der Waals surface area (Å²) >= 11 is 0. The number of piperidine rings is 1. The largest absolute Gasteiger partial charge is 0.478 e. The first-order valence-electron chi connectivity index (χ1n) is 9.39. The second-order valence-corrected chi connectivity index (χ2v) is 9.52. The van der Waals surface area contributed by atoms with Crippen molar-refractivity contribution in [2.75, 3.05) is 19.6 Å². The number of hydrogen-bond donors (Lipinski definition) is 2. The van der Waals surface area contributed by atoms with Gasteiger partial charge in [0, 0.05) is 25.6 Å². The standard InChI is InChI=1S/C19H26N2O5S/c1-2-19(9-10-19)13-20-17(22)14-7-11-21(12-8-14)27(25,26)16-5-3-15(4-6-16)18(23)24/h3-6,14H,2,7-13H2,1H3,(H,20,22)(H,23,24). The Labute approximate surface area is 159 Å². The summed E-state index contributed by atoms with van der Waals surface area (Å²) in [6.45, 7) is 3.45. The average Bonchev–Trinajstić information content (AvgIpc) is 3.47. The highest BCUT2D eigenvalue weighted by atomic mass is 32.2. The highest BCUT2D eigenvalue weighted by Crippen LogP contribution is 2.47. The maximum atomic E-state index is 12.7. The molecule has 2 N–H and O–H groups in total. The van der Waals surface area contributed by atoms with Crippen LogP contribution in [0.25, 0.3) is 0 Å². The molecule has 0 unspecified atom stereocenters. The first kappa shape index (κ1) is 19.8. The number of hydrogen-bond acceptors (Lipinski definition) is 4. The molecule has 27 heavy (non-hydrogen) atoms. The smallest absolute Gasteiger partial charge is 0.335 e. The zero-order valence-corrected chi connectivity index (χ0v) is 16.3. The minimum Gasteiger partial charge on any atom is -0.478 e. The molecule has 1 aromatic carbocycles. The number of rotatable bonds is 7. The van der Waals surface area contributed by atoms with Gasteiger partial charge in [0.1, 0.15) is 0 Å². The van der Waals surface area contributed by atoms with Gasteiger partial charge in [0.05, 0.1) is 10.5 Å². The van der Waals surface area contributed by atoms with Crippen LogP contribution in [0.15, 0.2) is 29.2 Å². The molecule has 1 saturated carbocycles. The Balaban J connectivity index is 1.56. The van der Waals surface area contributed by atoms with Crippen molar-refractivity contribution in [3.63, 3.8) is 0 Å². The molecule has 1 aromatic rings. The fourth-order valence-corrected chi connectivity index (χ4v) is 5.00. The number of nitrogens with zero attached hydrogens (tertiary/aromatic N) is 1. The first-order chi connectivity index (χ1) is 12.8. The second kappa shape index (κ2) is 7.59. The Morgan fingerprint density at radius 2 is 1.78 bits per heavy atom. The quantitative estimate of drug-likeness (QED) is 0.737. The molecule has 1 saturated heterocycles. The van der Waals surface area contributed by atoms with Crippen LogP contribution in [0.1, 0.15) is 49.4 Å². The van der Waals surface area contributed by atoms with E-state index in [1.807, 2.05) is 0 Å². The topological polar surface area (TPSA) is 104 Å². The van der Waals surface area contributed by atoms with Crippen LogP contribution in [0.4, 0.5) is 0 Å². The molecule has 1 amide bonds. The Hall–Kier alpha value is -1.93. The van der Waals surface area contributed by atoms with E-state index in [1.165, 1.54) is 41.4 Å². The molecule has 2 fully saturated rings. The monoisotopic (exact) mass is 394 g/mol. The van der Waals surface area contributed by atoms with Crippen LogP contribution in [0.2, 0.25) is 0 Å². The number of amides is 1. The van der Waals surface area contributed by atoms with E-state index < -0.39 is 16.0 Å². The molecule has 0 aromatic heterocycles. The molecule has 0 spiro atoms. The van der Waals surface area contributed by atoms with Gasteiger partial charge < -0.3 is 10.4 Å². The average molecular weight is 394 g/mol. The number of carbonyl (C=O) groups excluding carboxylic acids is 1. The summed E-state index contributed by atoms with van der Waals surface area (Å²) in [7, 11) is -3.67. The van der Waals surface area contributed by atoms with Gasteiger partial charge in [-0.05, 0) is 61.8 Å². The van der Waals surface area contributed by atoms with E-state index in [9.17, 15) is 18.0 Å². The van der Waals surface area contributed by atoms with Crippen molar-refractivity contribution in [1.29, 1.82) is 0 Å². The maximum Gasteiger partial charge on any atom is 0.335 e. The van der Waals surface area contributed by atoms with E-state index in [1.54, 1.807) is 0 Å². The number of carboxylic acid groups (broad SMARTS) is 1. The Kier molecular flexibility index (Phi) is 5.58. The van der Waals surface area contributed by atoms with Crippen molar-refractivity contribution >= 4 is 21.9 Å². The summed E-state index contributed by atoms with van der Waals surface area (Å²) in [6, 6.07) is 5.21. The lowest BCUT2D eigenvalue weighted by Crippen LogP contribution is -2.43. The maximum absolute atomic E-state index is 12.7. The summed E-state index contributed by atoms with van der Waals surface area (Å²) in [6.07, 6.45) is 4.40. The molecule has 8 heteroatoms. The number of aromatic carboxylic acids is 1. The number of sulfonamides is 1. The normalized spacial score (nSPS) is 20.2. The van der Waals surface area contributed by atoms with E-state index >= 15 is 0 Å². The van der Waals surface area contributed by atoms with Crippen molar-refractivity contribution < 1.29 is 23.1 Å². The van der Waals surface area contributed by atoms with Crippen LogP contribution in [0.3, 0.4) is 0 Å². The summed E-state index contributed by atoms with van der Waals surface area (Å²) < 4.78 is 26.8. The summed E-state index contributed by atoms with van der Waals surface area (Å²) in [5, 5.41) is 12.0. The van der Waals surface area contributed by atoms with E-state index in [4.69, 9.17) is 5.11 Å². The van der Waals surface area contributed by atoms with Crippen LogP contribution < -0.4 is 5.32 Å². The van der Waals surface area contributed by atoms with Crippen molar-refractivity contribution in [2.24, 2.45) is 11.3 Å². The Morgan fingerprint density at radius 3 is 2.26 bits per heavy atom. The summed E-state index contributed by atoms with van der Waals surface area (Å²) in [5.41, 5.74) is 0.340. The molecule has 1 aliphatic carbocycles. The SMILES string of the molecule is CCC1(CNC(=O)C2CCN(S(=O)(=O)c3ccc(C(=O)O)cc3)CC2)CC1. The van der Waals surface area contributed by atoms with Gasteiger partial charge in [0.2, 0.25) is 15.9 Å². The van der Waals surface area contributed by atoms with Gasteiger partial charge in [-0.1, -0.05) is 6.92 Å². The van der Waals surface area contributed by atoms with E-state index in [-0.39, 0.29) is 22.3 Å². The number of nitrogens with one attached hydrogen (secondary N) is 1. The van der Waals surface area contributed by atoms with Gasteiger partial charge in [-0.2, -0.15) is 4.31 Å². The van der Waals surface area contributed by atoms with Crippen molar-refractivity contribution in [3.8, 4) is 0 Å². The van der Waals surface area contributed by atoms with Gasteiger partial charge in [0.25, 0.3) is 0 Å². The highest BCUT2D eigenvalue weighted by Gasteiger charge is 2.41. The molecule has 0 radical (unpaired) electrons. The van der Waals surface area contributed by atoms with Crippen LogP contribution in [0.5, 0.6) is 0 Å². The first-order valence-corrected chi connectivity index (χ1v) is 10.8. The molecule has 3 rings (SSSR count). The number of carbonyl (C=O) groups is 2. The van der Waals surface area contributed by atoms with Crippen LogP contribution in [0, 0.1) is 11.3 Å². The summed E-state index contributed by atoms with van der Waals surface area (Å²) in [4.78, 5) is 23.4. The molecule has 0 atom stereocenters. The number of benzene rings is 1. The lowest BCUT2D eigenvalue weighted by Gasteiger charge is -2.31. The molecule has 148 valence electrons. The zero-order chi connectivity index (χ0) is 19.7. The minimum atomic E-state index is -3.67. The fraction of sp³-hybridized carbons (Fsp3) is 0.579. The van der Waals surface area contributed by atoms with Crippen molar-refractivity contribution in [1.82, 2.24) is 9.62 Å². The van der Waals surface area contributed by atoms with Crippen molar-refractivity contribution in [3.05, 3.63) is 29.8 Å². The Bertz CT molecular complexity index is 807. The Morgan fingerprint density at radius 1 is 1.19 bits per heavy atom. The van der Waals surface area contributed by atoms with Crippen LogP contribution in [-0.2, 0) is 14.8 Å².